The third-order valence-electron chi connectivity index (χ3n) is 8.84. The molecule has 13 heteroatoms. The van der Waals surface area contributed by atoms with Crippen LogP contribution in [0.2, 0.25) is 0 Å². The van der Waals surface area contributed by atoms with Crippen molar-refractivity contribution in [1.82, 2.24) is 10.6 Å². The highest BCUT2D eigenvalue weighted by Crippen LogP contribution is 2.19. The van der Waals surface area contributed by atoms with Gasteiger partial charge in [0.25, 0.3) is 0 Å². The molecular formula is C40H72N2O11. The number of hydrogen-bond donors (Lipinski definition) is 4. The number of carboxylic acid groups (broad SMARTS) is 2. The zero-order chi connectivity index (χ0) is 39.4. The zero-order valence-corrected chi connectivity index (χ0v) is 33.0. The van der Waals surface area contributed by atoms with Crippen LogP contribution in [0.15, 0.2) is 0 Å². The van der Waals surface area contributed by atoms with Gasteiger partial charge in [0.15, 0.2) is 0 Å². The summed E-state index contributed by atoms with van der Waals surface area (Å²) in [7, 11) is 0. The van der Waals surface area contributed by atoms with E-state index in [1.807, 2.05) is 6.92 Å². The van der Waals surface area contributed by atoms with Crippen molar-refractivity contribution < 1.29 is 53.2 Å². The van der Waals surface area contributed by atoms with Gasteiger partial charge in [-0.05, 0) is 45.4 Å². The Bertz CT molecular complexity index is 884. The smallest absolute Gasteiger partial charge is 0.303 e. The first kappa shape index (κ1) is 50.1. The lowest BCUT2D eigenvalue weighted by Gasteiger charge is -2.29. The second-order valence-electron chi connectivity index (χ2n) is 14.6. The summed E-state index contributed by atoms with van der Waals surface area (Å²) in [6.45, 7) is 6.31. The number of carbonyl (C=O) groups is 6. The first-order valence-electron chi connectivity index (χ1n) is 20.1. The molecule has 0 saturated carbocycles. The fourth-order valence-electron chi connectivity index (χ4n) is 5.62. The SMILES string of the molecule is CC(=O)CCCCCCCCC(=O)CCOCC(C)(COCCC(=O)NCCCCCCCC(=O)O)COCCC(=O)NCCCCCCCC(=O)O. The van der Waals surface area contributed by atoms with Crippen molar-refractivity contribution >= 4 is 35.3 Å². The molecule has 4 N–H and O–H groups in total. The average Bonchev–Trinajstić information content (AvgIpc) is 3.10. The minimum absolute atomic E-state index is 0.0965. The van der Waals surface area contributed by atoms with Crippen LogP contribution in [0.1, 0.15) is 162 Å². The van der Waals surface area contributed by atoms with Crippen LogP contribution in [0, 0.1) is 5.41 Å². The minimum atomic E-state index is -0.772. The first-order valence-corrected chi connectivity index (χ1v) is 20.1. The number of carbonyl (C=O) groups excluding carboxylic acids is 4. The molecule has 308 valence electrons. The molecule has 0 aliphatic heterocycles. The lowest BCUT2D eigenvalue weighted by Crippen LogP contribution is -2.36. The number of carboxylic acids is 2. The van der Waals surface area contributed by atoms with Gasteiger partial charge >= 0.3 is 11.9 Å². The number of nitrogens with one attached hydrogen (secondary N) is 2. The molecule has 0 fully saturated rings. The van der Waals surface area contributed by atoms with Crippen molar-refractivity contribution in [2.75, 3.05) is 52.7 Å². The maximum absolute atomic E-state index is 12.4. The van der Waals surface area contributed by atoms with E-state index in [2.05, 4.69) is 10.6 Å². The molecule has 0 spiro atoms. The van der Waals surface area contributed by atoms with E-state index < -0.39 is 17.4 Å². The lowest BCUT2D eigenvalue weighted by molar-refractivity contribution is -0.138. The van der Waals surface area contributed by atoms with Gasteiger partial charge in [-0.15, -0.1) is 0 Å². The summed E-state index contributed by atoms with van der Waals surface area (Å²) in [6, 6.07) is 0. The molecule has 0 unspecified atom stereocenters. The second kappa shape index (κ2) is 34.8. The van der Waals surface area contributed by atoms with Gasteiger partial charge in [0, 0.05) is 63.5 Å². The Morgan fingerprint density at radius 3 is 1.19 bits per heavy atom. The molecule has 13 nitrogen and oxygen atoms in total. The Hall–Kier alpha value is -2.90. The minimum Gasteiger partial charge on any atom is -0.481 e. The largest absolute Gasteiger partial charge is 0.481 e. The number of amides is 2. The zero-order valence-electron chi connectivity index (χ0n) is 33.0. The van der Waals surface area contributed by atoms with E-state index in [-0.39, 0.29) is 82.1 Å². The molecular weight excluding hydrogens is 684 g/mol. The Labute approximate surface area is 318 Å². The third-order valence-corrected chi connectivity index (χ3v) is 8.84. The van der Waals surface area contributed by atoms with Gasteiger partial charge in [0.2, 0.25) is 11.8 Å². The number of hydrogen-bond acceptors (Lipinski definition) is 9. The van der Waals surface area contributed by atoms with Crippen LogP contribution >= 0.6 is 0 Å². The van der Waals surface area contributed by atoms with Crippen molar-refractivity contribution in [1.29, 1.82) is 0 Å². The quantitative estimate of drug-likeness (QED) is 0.0494. The number of unbranched alkanes of at least 4 members (excludes halogenated alkanes) is 13. The molecule has 0 heterocycles. The predicted molar refractivity (Wildman–Crippen MR) is 204 cm³/mol. The Morgan fingerprint density at radius 1 is 0.453 bits per heavy atom. The number of Topliss-reactive ketones (excluding diaryl/α,β-unsaturated/α-hetero) is 2. The molecule has 0 aromatic rings. The van der Waals surface area contributed by atoms with Gasteiger partial charge < -0.3 is 39.9 Å². The summed E-state index contributed by atoms with van der Waals surface area (Å²) < 4.78 is 17.7. The Balaban J connectivity index is 4.45. The maximum atomic E-state index is 12.4. The molecule has 2 amide bonds. The van der Waals surface area contributed by atoms with Crippen molar-refractivity contribution in [2.45, 2.75) is 162 Å². The van der Waals surface area contributed by atoms with Gasteiger partial charge in [0.05, 0.1) is 39.6 Å². The molecule has 0 atom stereocenters. The molecule has 0 aliphatic carbocycles. The van der Waals surface area contributed by atoms with Crippen molar-refractivity contribution in [3.63, 3.8) is 0 Å². The third kappa shape index (κ3) is 37.2. The number of aliphatic carboxylic acids is 2. The van der Waals surface area contributed by atoms with Crippen LogP contribution in [0.4, 0.5) is 0 Å². The van der Waals surface area contributed by atoms with Gasteiger partial charge in [0.1, 0.15) is 11.6 Å². The van der Waals surface area contributed by atoms with Crippen LogP contribution in [0.25, 0.3) is 0 Å². The fraction of sp³-hybridized carbons (Fsp3) is 0.850. The first-order chi connectivity index (χ1) is 25.4. The van der Waals surface area contributed by atoms with Gasteiger partial charge in [-0.25, -0.2) is 0 Å². The Morgan fingerprint density at radius 2 is 0.792 bits per heavy atom. The average molecular weight is 757 g/mol. The molecule has 0 saturated heterocycles. The van der Waals surface area contributed by atoms with E-state index in [1.54, 1.807) is 6.92 Å². The number of ketones is 2. The van der Waals surface area contributed by atoms with Crippen LogP contribution in [0.3, 0.4) is 0 Å². The van der Waals surface area contributed by atoms with Crippen molar-refractivity contribution in [3.8, 4) is 0 Å². The molecule has 0 aromatic heterocycles. The maximum Gasteiger partial charge on any atom is 0.303 e. The highest BCUT2D eigenvalue weighted by atomic mass is 16.5. The van der Waals surface area contributed by atoms with E-state index >= 15 is 0 Å². The standard InChI is InChI=1S/C40H72N2O11/c1-34(43)19-13-7-3-4-8-14-20-35(44)23-28-51-31-40(2,32-52-29-24-36(45)41-26-17-11-5-9-15-21-38(47)48)33-53-30-25-37(46)42-27-18-12-6-10-16-22-39(49)50/h3-33H2,1-2H3,(H,41,45)(H,42,46)(H,47,48)(H,49,50). The molecule has 53 heavy (non-hydrogen) atoms. The summed E-state index contributed by atoms with van der Waals surface area (Å²) in [6.07, 6.45) is 16.8. The molecule has 0 rings (SSSR count). The monoisotopic (exact) mass is 757 g/mol. The van der Waals surface area contributed by atoms with Gasteiger partial charge in [-0.2, -0.15) is 0 Å². The molecule has 0 aliphatic rings. The second-order valence-corrected chi connectivity index (χ2v) is 14.6. The Kier molecular flexibility index (Phi) is 32.9. The van der Waals surface area contributed by atoms with Gasteiger partial charge in [-0.1, -0.05) is 71.1 Å². The van der Waals surface area contributed by atoms with Crippen molar-refractivity contribution in [3.05, 3.63) is 0 Å². The summed E-state index contributed by atoms with van der Waals surface area (Å²) >= 11 is 0. The highest BCUT2D eigenvalue weighted by Gasteiger charge is 2.26. The van der Waals surface area contributed by atoms with E-state index in [9.17, 15) is 28.8 Å². The topological polar surface area (TPSA) is 195 Å². The van der Waals surface area contributed by atoms with E-state index in [0.717, 1.165) is 89.9 Å². The number of rotatable bonds is 40. The van der Waals surface area contributed by atoms with Gasteiger partial charge in [-0.3, -0.25) is 24.0 Å². The molecule has 0 bridgehead atoms. The number of ether oxygens (including phenoxy) is 3. The van der Waals surface area contributed by atoms with Crippen LogP contribution in [-0.2, 0) is 43.0 Å². The van der Waals surface area contributed by atoms with E-state index in [0.29, 0.717) is 51.8 Å². The fourth-order valence-corrected chi connectivity index (χ4v) is 5.62. The van der Waals surface area contributed by atoms with Crippen LogP contribution in [-0.4, -0.2) is 98.3 Å². The van der Waals surface area contributed by atoms with E-state index in [1.165, 1.54) is 0 Å². The van der Waals surface area contributed by atoms with Crippen LogP contribution in [0.5, 0.6) is 0 Å². The molecule has 0 aromatic carbocycles. The van der Waals surface area contributed by atoms with Crippen LogP contribution < -0.4 is 10.6 Å². The highest BCUT2D eigenvalue weighted by molar-refractivity contribution is 5.78. The van der Waals surface area contributed by atoms with E-state index in [4.69, 9.17) is 24.4 Å². The normalized spacial score (nSPS) is 11.4. The van der Waals surface area contributed by atoms with Crippen molar-refractivity contribution in [2.24, 2.45) is 5.41 Å². The predicted octanol–water partition coefficient (Wildman–Crippen LogP) is 6.57. The summed E-state index contributed by atoms with van der Waals surface area (Å²) in [5.74, 6) is -1.33. The summed E-state index contributed by atoms with van der Waals surface area (Å²) in [5.41, 5.74) is -0.556. The lowest BCUT2D eigenvalue weighted by atomic mass is 9.94. The summed E-state index contributed by atoms with van der Waals surface area (Å²) in [5, 5.41) is 23.2. The molecule has 0 radical (unpaired) electrons. The summed E-state index contributed by atoms with van der Waals surface area (Å²) in [4.78, 5) is 69.1.